The SMILES string of the molecule is CC(NC(C)c1ccccc1F)c1cc(F)cc(F)c1. The number of nitrogens with one attached hydrogen (secondary N) is 1. The first-order valence-electron chi connectivity index (χ1n) is 6.44. The third-order valence-corrected chi connectivity index (χ3v) is 3.26. The molecular formula is C16H16F3N. The molecule has 20 heavy (non-hydrogen) atoms. The number of benzene rings is 2. The fourth-order valence-electron chi connectivity index (χ4n) is 2.21. The van der Waals surface area contributed by atoms with E-state index >= 15 is 0 Å². The van der Waals surface area contributed by atoms with Crippen LogP contribution < -0.4 is 5.32 Å². The molecule has 0 amide bonds. The second-order valence-corrected chi connectivity index (χ2v) is 4.83. The zero-order chi connectivity index (χ0) is 14.7. The van der Waals surface area contributed by atoms with Gasteiger partial charge in [0.05, 0.1) is 0 Å². The van der Waals surface area contributed by atoms with Gasteiger partial charge in [-0.3, -0.25) is 0 Å². The molecule has 2 atom stereocenters. The first kappa shape index (κ1) is 14.6. The molecule has 0 heterocycles. The van der Waals surface area contributed by atoms with Crippen LogP contribution in [0, 0.1) is 17.5 Å². The van der Waals surface area contributed by atoms with Gasteiger partial charge in [0.1, 0.15) is 17.5 Å². The van der Waals surface area contributed by atoms with Crippen LogP contribution in [0.1, 0.15) is 37.1 Å². The molecule has 0 saturated carbocycles. The van der Waals surface area contributed by atoms with Gasteiger partial charge in [0.2, 0.25) is 0 Å². The summed E-state index contributed by atoms with van der Waals surface area (Å²) in [6.07, 6.45) is 0. The summed E-state index contributed by atoms with van der Waals surface area (Å²) in [4.78, 5) is 0. The summed E-state index contributed by atoms with van der Waals surface area (Å²) in [6.45, 7) is 3.59. The van der Waals surface area contributed by atoms with E-state index in [1.165, 1.54) is 18.2 Å². The standard InChI is InChI=1S/C16H16F3N/c1-10(12-7-13(17)9-14(18)8-12)20-11(2)15-5-3-4-6-16(15)19/h3-11,20H,1-2H3. The van der Waals surface area contributed by atoms with Crippen LogP contribution in [0.2, 0.25) is 0 Å². The van der Waals surface area contributed by atoms with Crippen molar-refractivity contribution in [1.29, 1.82) is 0 Å². The molecule has 1 nitrogen and oxygen atoms in total. The average molecular weight is 279 g/mol. The summed E-state index contributed by atoms with van der Waals surface area (Å²) in [7, 11) is 0. The van der Waals surface area contributed by atoms with Crippen LogP contribution in [0.3, 0.4) is 0 Å². The van der Waals surface area contributed by atoms with E-state index in [4.69, 9.17) is 0 Å². The molecular weight excluding hydrogens is 263 g/mol. The van der Waals surface area contributed by atoms with Crippen molar-refractivity contribution >= 4 is 0 Å². The Balaban J connectivity index is 2.15. The first-order valence-corrected chi connectivity index (χ1v) is 6.44. The molecule has 0 saturated heterocycles. The molecule has 1 N–H and O–H groups in total. The van der Waals surface area contributed by atoms with Crippen molar-refractivity contribution in [3.8, 4) is 0 Å². The van der Waals surface area contributed by atoms with E-state index in [0.29, 0.717) is 11.1 Å². The van der Waals surface area contributed by atoms with Gasteiger partial charge in [0, 0.05) is 23.7 Å². The Labute approximate surface area is 116 Å². The average Bonchev–Trinajstić information content (AvgIpc) is 2.37. The molecule has 0 aliphatic heterocycles. The molecule has 0 aliphatic rings. The summed E-state index contributed by atoms with van der Waals surface area (Å²) in [5.74, 6) is -1.54. The number of halogens is 3. The van der Waals surface area contributed by atoms with Crippen molar-refractivity contribution in [3.63, 3.8) is 0 Å². The maximum absolute atomic E-state index is 13.7. The van der Waals surface area contributed by atoms with Crippen LogP contribution in [0.25, 0.3) is 0 Å². The Morgan fingerprint density at radius 1 is 0.850 bits per heavy atom. The van der Waals surface area contributed by atoms with E-state index in [0.717, 1.165) is 6.07 Å². The van der Waals surface area contributed by atoms with Crippen molar-refractivity contribution in [1.82, 2.24) is 5.32 Å². The van der Waals surface area contributed by atoms with Crippen LogP contribution in [0.5, 0.6) is 0 Å². The summed E-state index contributed by atoms with van der Waals surface area (Å²) < 4.78 is 40.0. The molecule has 2 unspecified atom stereocenters. The summed E-state index contributed by atoms with van der Waals surface area (Å²) in [5, 5.41) is 3.13. The summed E-state index contributed by atoms with van der Waals surface area (Å²) in [5.41, 5.74) is 1.02. The fourth-order valence-corrected chi connectivity index (χ4v) is 2.21. The van der Waals surface area contributed by atoms with Gasteiger partial charge in [-0.2, -0.15) is 0 Å². The highest BCUT2D eigenvalue weighted by Crippen LogP contribution is 2.22. The highest BCUT2D eigenvalue weighted by atomic mass is 19.1. The molecule has 0 bridgehead atoms. The third-order valence-electron chi connectivity index (χ3n) is 3.26. The van der Waals surface area contributed by atoms with Crippen LogP contribution in [0.15, 0.2) is 42.5 Å². The maximum Gasteiger partial charge on any atom is 0.127 e. The van der Waals surface area contributed by atoms with Crippen molar-refractivity contribution in [2.75, 3.05) is 0 Å². The Morgan fingerprint density at radius 3 is 2.05 bits per heavy atom. The minimum Gasteiger partial charge on any atom is -0.304 e. The van der Waals surface area contributed by atoms with Crippen LogP contribution >= 0.6 is 0 Å². The Morgan fingerprint density at radius 2 is 1.45 bits per heavy atom. The highest BCUT2D eigenvalue weighted by molar-refractivity contribution is 5.24. The van der Waals surface area contributed by atoms with Crippen molar-refractivity contribution in [2.45, 2.75) is 25.9 Å². The molecule has 2 rings (SSSR count). The molecule has 4 heteroatoms. The molecule has 2 aromatic carbocycles. The molecule has 0 aliphatic carbocycles. The summed E-state index contributed by atoms with van der Waals surface area (Å²) in [6, 6.07) is 9.26. The van der Waals surface area contributed by atoms with Gasteiger partial charge in [0.15, 0.2) is 0 Å². The lowest BCUT2D eigenvalue weighted by Crippen LogP contribution is -2.23. The van der Waals surface area contributed by atoms with Gasteiger partial charge in [-0.05, 0) is 37.6 Å². The van der Waals surface area contributed by atoms with Gasteiger partial charge in [-0.25, -0.2) is 13.2 Å². The topological polar surface area (TPSA) is 12.0 Å². The molecule has 2 aromatic rings. The fraction of sp³-hybridized carbons (Fsp3) is 0.250. The lowest BCUT2D eigenvalue weighted by molar-refractivity contribution is 0.469. The smallest absolute Gasteiger partial charge is 0.127 e. The molecule has 0 fully saturated rings. The van der Waals surface area contributed by atoms with Crippen molar-refractivity contribution in [3.05, 3.63) is 71.0 Å². The van der Waals surface area contributed by atoms with Crippen molar-refractivity contribution < 1.29 is 13.2 Å². The van der Waals surface area contributed by atoms with Crippen LogP contribution in [-0.2, 0) is 0 Å². The maximum atomic E-state index is 13.7. The molecule has 0 radical (unpaired) electrons. The van der Waals surface area contributed by atoms with E-state index in [2.05, 4.69) is 5.32 Å². The van der Waals surface area contributed by atoms with E-state index < -0.39 is 11.6 Å². The quantitative estimate of drug-likeness (QED) is 0.868. The van der Waals surface area contributed by atoms with Gasteiger partial charge < -0.3 is 5.32 Å². The van der Waals surface area contributed by atoms with E-state index in [9.17, 15) is 13.2 Å². The normalized spacial score (nSPS) is 14.1. The zero-order valence-electron chi connectivity index (χ0n) is 11.3. The second kappa shape index (κ2) is 6.09. The first-order chi connectivity index (χ1) is 9.47. The second-order valence-electron chi connectivity index (χ2n) is 4.83. The predicted molar refractivity (Wildman–Crippen MR) is 72.7 cm³/mol. The number of rotatable bonds is 4. The molecule has 0 spiro atoms. The van der Waals surface area contributed by atoms with E-state index in [1.807, 2.05) is 6.92 Å². The van der Waals surface area contributed by atoms with Crippen LogP contribution in [-0.4, -0.2) is 0 Å². The van der Waals surface area contributed by atoms with Gasteiger partial charge in [0.25, 0.3) is 0 Å². The Hall–Kier alpha value is -1.81. The monoisotopic (exact) mass is 279 g/mol. The Kier molecular flexibility index (Phi) is 4.45. The summed E-state index contributed by atoms with van der Waals surface area (Å²) >= 11 is 0. The predicted octanol–water partition coefficient (Wildman–Crippen LogP) is 4.52. The Bertz CT molecular complexity index is 578. The minimum absolute atomic E-state index is 0.266. The highest BCUT2D eigenvalue weighted by Gasteiger charge is 2.15. The third kappa shape index (κ3) is 3.39. The number of hydrogen-bond donors (Lipinski definition) is 1. The lowest BCUT2D eigenvalue weighted by atomic mass is 10.0. The van der Waals surface area contributed by atoms with Gasteiger partial charge in [-0.1, -0.05) is 18.2 Å². The van der Waals surface area contributed by atoms with E-state index in [1.54, 1.807) is 25.1 Å². The largest absolute Gasteiger partial charge is 0.304 e. The zero-order valence-corrected chi connectivity index (χ0v) is 11.3. The van der Waals surface area contributed by atoms with Crippen LogP contribution in [0.4, 0.5) is 13.2 Å². The van der Waals surface area contributed by atoms with E-state index in [-0.39, 0.29) is 17.9 Å². The number of hydrogen-bond acceptors (Lipinski definition) is 1. The minimum atomic E-state index is -0.618. The molecule has 0 aromatic heterocycles. The van der Waals surface area contributed by atoms with Gasteiger partial charge >= 0.3 is 0 Å². The lowest BCUT2D eigenvalue weighted by Gasteiger charge is -2.21. The molecule has 106 valence electrons. The van der Waals surface area contributed by atoms with Gasteiger partial charge in [-0.15, -0.1) is 0 Å². The van der Waals surface area contributed by atoms with Crippen molar-refractivity contribution in [2.24, 2.45) is 0 Å².